The van der Waals surface area contributed by atoms with Crippen LogP contribution in [0.25, 0.3) is 0 Å². The number of aliphatic hydroxyl groups excluding tert-OH is 1. The zero-order valence-corrected chi connectivity index (χ0v) is 11.8. The van der Waals surface area contributed by atoms with Crippen LogP contribution in [0.1, 0.15) is 12.0 Å². The molecule has 0 aromatic heterocycles. The minimum absolute atomic E-state index is 0.167. The summed E-state index contributed by atoms with van der Waals surface area (Å²) in [4.78, 5) is 13.6. The van der Waals surface area contributed by atoms with Crippen molar-refractivity contribution in [3.63, 3.8) is 0 Å². The Bertz CT molecular complexity index is 418. The van der Waals surface area contributed by atoms with Crippen molar-refractivity contribution in [1.82, 2.24) is 10.2 Å². The summed E-state index contributed by atoms with van der Waals surface area (Å²) in [6, 6.07) is 9.92. The number of benzene rings is 1. The maximum absolute atomic E-state index is 11.8. The van der Waals surface area contributed by atoms with E-state index in [4.69, 9.17) is 9.84 Å². The van der Waals surface area contributed by atoms with Crippen molar-refractivity contribution >= 4 is 6.09 Å². The molecule has 1 heterocycles. The number of carbonyl (C=O) groups is 1. The van der Waals surface area contributed by atoms with Gasteiger partial charge < -0.3 is 20.1 Å². The number of carbonyl (C=O) groups excluding carboxylic acids is 1. The van der Waals surface area contributed by atoms with Gasteiger partial charge in [-0.3, -0.25) is 0 Å². The molecule has 5 nitrogen and oxygen atoms in total. The minimum atomic E-state index is -0.260. The summed E-state index contributed by atoms with van der Waals surface area (Å²) < 4.78 is 5.27. The number of amides is 1. The van der Waals surface area contributed by atoms with E-state index in [0.29, 0.717) is 32.0 Å². The number of likely N-dealkylation sites (tertiary alicyclic amines) is 1. The van der Waals surface area contributed by atoms with Crippen LogP contribution in [0.3, 0.4) is 0 Å². The summed E-state index contributed by atoms with van der Waals surface area (Å²) in [7, 11) is 1.89. The Kier molecular flexibility index (Phi) is 5.38. The molecule has 0 spiro atoms. The Balaban J connectivity index is 1.71. The summed E-state index contributed by atoms with van der Waals surface area (Å²) in [6.45, 7) is 1.87. The highest BCUT2D eigenvalue weighted by Crippen LogP contribution is 2.22. The smallest absolute Gasteiger partial charge is 0.410 e. The van der Waals surface area contributed by atoms with E-state index in [-0.39, 0.29) is 18.7 Å². The van der Waals surface area contributed by atoms with Gasteiger partial charge in [0.25, 0.3) is 0 Å². The molecule has 110 valence electrons. The lowest BCUT2D eigenvalue weighted by atomic mass is 9.90. The van der Waals surface area contributed by atoms with Gasteiger partial charge >= 0.3 is 6.09 Å². The number of aliphatic hydroxyl groups is 1. The summed E-state index contributed by atoms with van der Waals surface area (Å²) in [5.74, 6) is 0.399. The van der Waals surface area contributed by atoms with E-state index in [0.717, 1.165) is 5.56 Å². The van der Waals surface area contributed by atoms with Gasteiger partial charge in [-0.05, 0) is 19.0 Å². The SMILES string of the molecule is CN[C@H](CCO)C1CN(C(=O)OCc2ccccc2)C1. The van der Waals surface area contributed by atoms with Crippen LogP contribution in [0.4, 0.5) is 4.79 Å². The average Bonchev–Trinajstić information content (AvgIpc) is 2.43. The molecule has 0 saturated carbocycles. The molecule has 2 rings (SSSR count). The Morgan fingerprint density at radius 3 is 2.75 bits per heavy atom. The first kappa shape index (κ1) is 14.8. The summed E-state index contributed by atoms with van der Waals surface area (Å²) >= 11 is 0. The molecule has 0 bridgehead atoms. The third kappa shape index (κ3) is 3.71. The lowest BCUT2D eigenvalue weighted by Crippen LogP contribution is -2.57. The van der Waals surface area contributed by atoms with Gasteiger partial charge in [0.2, 0.25) is 0 Å². The standard InChI is InChI=1S/C15H22N2O3/c1-16-14(7-8-18)13-9-17(10-13)15(19)20-11-12-5-3-2-4-6-12/h2-6,13-14,16,18H,7-11H2,1H3/t14-/m1/s1. The van der Waals surface area contributed by atoms with Crippen molar-refractivity contribution in [1.29, 1.82) is 0 Å². The van der Waals surface area contributed by atoms with Gasteiger partial charge in [-0.25, -0.2) is 4.79 Å². The molecular weight excluding hydrogens is 256 g/mol. The molecule has 1 aromatic rings. The molecule has 1 saturated heterocycles. The van der Waals surface area contributed by atoms with Gasteiger partial charge in [0.05, 0.1) is 0 Å². The molecule has 0 radical (unpaired) electrons. The zero-order valence-electron chi connectivity index (χ0n) is 11.8. The van der Waals surface area contributed by atoms with Crippen LogP contribution in [-0.4, -0.2) is 48.9 Å². The summed E-state index contributed by atoms with van der Waals surface area (Å²) in [5.41, 5.74) is 0.992. The fourth-order valence-corrected chi connectivity index (χ4v) is 2.48. The molecule has 1 fully saturated rings. The van der Waals surface area contributed by atoms with E-state index in [1.807, 2.05) is 37.4 Å². The van der Waals surface area contributed by atoms with Crippen LogP contribution >= 0.6 is 0 Å². The quantitative estimate of drug-likeness (QED) is 0.821. The topological polar surface area (TPSA) is 61.8 Å². The molecule has 0 aliphatic carbocycles. The van der Waals surface area contributed by atoms with Gasteiger partial charge in [-0.1, -0.05) is 30.3 Å². The predicted octanol–water partition coefficient (Wildman–Crippen LogP) is 1.23. The van der Waals surface area contributed by atoms with Crippen LogP contribution in [0.5, 0.6) is 0 Å². The first-order valence-electron chi connectivity index (χ1n) is 6.98. The second-order valence-corrected chi connectivity index (χ2v) is 5.11. The molecule has 1 aliphatic heterocycles. The number of rotatable bonds is 6. The molecule has 1 aliphatic rings. The van der Waals surface area contributed by atoms with Crippen LogP contribution < -0.4 is 5.32 Å². The zero-order chi connectivity index (χ0) is 14.4. The third-order valence-electron chi connectivity index (χ3n) is 3.75. The largest absolute Gasteiger partial charge is 0.445 e. The monoisotopic (exact) mass is 278 g/mol. The maximum Gasteiger partial charge on any atom is 0.410 e. The first-order chi connectivity index (χ1) is 9.74. The second kappa shape index (κ2) is 7.26. The van der Waals surface area contributed by atoms with Gasteiger partial charge in [0.1, 0.15) is 6.61 Å². The second-order valence-electron chi connectivity index (χ2n) is 5.11. The third-order valence-corrected chi connectivity index (χ3v) is 3.75. The normalized spacial score (nSPS) is 16.6. The van der Waals surface area contributed by atoms with Crippen molar-refractivity contribution < 1.29 is 14.6 Å². The van der Waals surface area contributed by atoms with Crippen LogP contribution in [0.15, 0.2) is 30.3 Å². The fraction of sp³-hybridized carbons (Fsp3) is 0.533. The summed E-state index contributed by atoms with van der Waals surface area (Å²) in [5, 5.41) is 12.2. The van der Waals surface area contributed by atoms with Crippen LogP contribution in [0, 0.1) is 5.92 Å². The van der Waals surface area contributed by atoms with Crippen molar-refractivity contribution in [3.8, 4) is 0 Å². The molecule has 1 aromatic carbocycles. The highest BCUT2D eigenvalue weighted by molar-refractivity contribution is 5.68. The Labute approximate surface area is 119 Å². The van der Waals surface area contributed by atoms with Crippen molar-refractivity contribution in [2.75, 3.05) is 26.7 Å². The van der Waals surface area contributed by atoms with E-state index in [2.05, 4.69) is 5.32 Å². The van der Waals surface area contributed by atoms with E-state index in [1.54, 1.807) is 4.90 Å². The van der Waals surface area contributed by atoms with Crippen LogP contribution in [-0.2, 0) is 11.3 Å². The van der Waals surface area contributed by atoms with Crippen molar-refractivity contribution in [2.24, 2.45) is 5.92 Å². The molecule has 2 N–H and O–H groups in total. The van der Waals surface area contributed by atoms with Crippen molar-refractivity contribution in [2.45, 2.75) is 19.1 Å². The highest BCUT2D eigenvalue weighted by atomic mass is 16.6. The number of ether oxygens (including phenoxy) is 1. The van der Waals surface area contributed by atoms with E-state index in [9.17, 15) is 4.79 Å². The first-order valence-corrected chi connectivity index (χ1v) is 6.98. The van der Waals surface area contributed by atoms with E-state index in [1.165, 1.54) is 0 Å². The fourth-order valence-electron chi connectivity index (χ4n) is 2.48. The van der Waals surface area contributed by atoms with Gasteiger partial charge in [0.15, 0.2) is 0 Å². The summed E-state index contributed by atoms with van der Waals surface area (Å²) in [6.07, 6.45) is 0.456. The number of hydrogen-bond donors (Lipinski definition) is 2. The highest BCUT2D eigenvalue weighted by Gasteiger charge is 2.36. The van der Waals surface area contributed by atoms with E-state index < -0.39 is 0 Å². The Morgan fingerprint density at radius 1 is 1.45 bits per heavy atom. The molecular formula is C15H22N2O3. The molecule has 5 heteroatoms. The Morgan fingerprint density at radius 2 is 2.15 bits per heavy atom. The molecule has 20 heavy (non-hydrogen) atoms. The average molecular weight is 278 g/mol. The number of nitrogens with one attached hydrogen (secondary N) is 1. The lowest BCUT2D eigenvalue weighted by molar-refractivity contribution is 0.0353. The van der Waals surface area contributed by atoms with Gasteiger partial charge in [0, 0.05) is 31.7 Å². The van der Waals surface area contributed by atoms with Crippen LogP contribution in [0.2, 0.25) is 0 Å². The Hall–Kier alpha value is -1.59. The number of hydrogen-bond acceptors (Lipinski definition) is 4. The number of nitrogens with zero attached hydrogens (tertiary/aromatic N) is 1. The van der Waals surface area contributed by atoms with Gasteiger partial charge in [-0.15, -0.1) is 0 Å². The van der Waals surface area contributed by atoms with Crippen molar-refractivity contribution in [3.05, 3.63) is 35.9 Å². The molecule has 1 amide bonds. The predicted molar refractivity (Wildman–Crippen MR) is 76.2 cm³/mol. The van der Waals surface area contributed by atoms with Gasteiger partial charge in [-0.2, -0.15) is 0 Å². The maximum atomic E-state index is 11.8. The minimum Gasteiger partial charge on any atom is -0.445 e. The molecule has 0 unspecified atom stereocenters. The lowest BCUT2D eigenvalue weighted by Gasteiger charge is -2.42. The molecule has 1 atom stereocenters. The van der Waals surface area contributed by atoms with E-state index >= 15 is 0 Å².